The van der Waals surface area contributed by atoms with Gasteiger partial charge >= 0.3 is 5.97 Å². The minimum Gasteiger partial charge on any atom is -0.481 e. The van der Waals surface area contributed by atoms with Gasteiger partial charge in [0.2, 0.25) is 0 Å². The summed E-state index contributed by atoms with van der Waals surface area (Å²) in [5, 5.41) is 24.6. The molecule has 0 saturated carbocycles. The fourth-order valence-electron chi connectivity index (χ4n) is 2.65. The van der Waals surface area contributed by atoms with E-state index in [4.69, 9.17) is 15.3 Å². The van der Waals surface area contributed by atoms with Crippen LogP contribution in [-0.4, -0.2) is 33.5 Å². The summed E-state index contributed by atoms with van der Waals surface area (Å²) in [7, 11) is 0. The number of aliphatic hydroxyl groups is 2. The first-order chi connectivity index (χ1) is 13.2. The average Bonchev–Trinajstić information content (AvgIpc) is 2.57. The molecule has 0 aliphatic heterocycles. The van der Waals surface area contributed by atoms with Crippen LogP contribution in [0.1, 0.15) is 137 Å². The number of unbranched alkanes of at least 4 members (excludes halogenated alkanes) is 14. The summed E-state index contributed by atoms with van der Waals surface area (Å²) in [5.41, 5.74) is 0. The average molecular weight is 405 g/mol. The van der Waals surface area contributed by atoms with E-state index in [2.05, 4.69) is 6.92 Å². The molecule has 0 atom stereocenters. The molecule has 0 spiro atoms. The highest BCUT2D eigenvalue weighted by atomic mass is 16.4. The van der Waals surface area contributed by atoms with Gasteiger partial charge in [0.25, 0.3) is 0 Å². The zero-order valence-corrected chi connectivity index (χ0v) is 19.7. The van der Waals surface area contributed by atoms with Crippen molar-refractivity contribution in [2.75, 3.05) is 0 Å². The molecule has 28 heavy (non-hydrogen) atoms. The quantitative estimate of drug-likeness (QED) is 0.240. The van der Waals surface area contributed by atoms with Crippen LogP contribution in [0.3, 0.4) is 0 Å². The van der Waals surface area contributed by atoms with Gasteiger partial charge in [-0.05, 0) is 34.1 Å². The standard InChI is InChI=1S/C18H36O2.2C3H8O/c1-2-3-4-5-6-7-8-9-10-11-12-13-14-15-16-17-18(19)20;2*1-3(2)4/h2-17H2,1H3,(H,19,20);2*3-4H,1-2H3. The molecule has 0 aromatic rings. The Kier molecular flexibility index (Phi) is 32.8. The lowest BCUT2D eigenvalue weighted by Crippen LogP contribution is -1.93. The van der Waals surface area contributed by atoms with Gasteiger partial charge in [-0.15, -0.1) is 0 Å². The van der Waals surface area contributed by atoms with Crippen molar-refractivity contribution in [3.05, 3.63) is 0 Å². The molecule has 0 unspecified atom stereocenters. The SMILES string of the molecule is CC(C)O.CC(C)O.CCCCCCCCCCCCCCCCCC(=O)O. The van der Waals surface area contributed by atoms with Gasteiger partial charge in [0, 0.05) is 18.6 Å². The van der Waals surface area contributed by atoms with Crippen molar-refractivity contribution >= 4 is 5.97 Å². The summed E-state index contributed by atoms with van der Waals surface area (Å²) in [6, 6.07) is 0. The maximum Gasteiger partial charge on any atom is 0.303 e. The highest BCUT2D eigenvalue weighted by molar-refractivity contribution is 5.66. The first-order valence-corrected chi connectivity index (χ1v) is 11.8. The van der Waals surface area contributed by atoms with E-state index in [1.54, 1.807) is 27.7 Å². The fourth-order valence-corrected chi connectivity index (χ4v) is 2.65. The molecule has 3 N–H and O–H groups in total. The molecule has 4 heteroatoms. The first-order valence-electron chi connectivity index (χ1n) is 11.8. The molecule has 0 bridgehead atoms. The fraction of sp³-hybridized carbons (Fsp3) is 0.958. The summed E-state index contributed by atoms with van der Waals surface area (Å²) in [6.45, 7) is 9.16. The summed E-state index contributed by atoms with van der Waals surface area (Å²) in [4.78, 5) is 10.3. The van der Waals surface area contributed by atoms with E-state index in [0.717, 1.165) is 12.8 Å². The van der Waals surface area contributed by atoms with E-state index in [1.165, 1.54) is 83.5 Å². The van der Waals surface area contributed by atoms with Crippen molar-refractivity contribution in [3.63, 3.8) is 0 Å². The molecule has 0 saturated heterocycles. The van der Waals surface area contributed by atoms with Crippen molar-refractivity contribution in [2.24, 2.45) is 0 Å². The van der Waals surface area contributed by atoms with Crippen molar-refractivity contribution in [1.29, 1.82) is 0 Å². The lowest BCUT2D eigenvalue weighted by molar-refractivity contribution is -0.137. The molecule has 0 aromatic heterocycles. The maximum absolute atomic E-state index is 10.3. The molecule has 0 fully saturated rings. The number of carboxylic acid groups (broad SMARTS) is 1. The van der Waals surface area contributed by atoms with Gasteiger partial charge in [0.05, 0.1) is 0 Å². The molecule has 0 aliphatic rings. The molecule has 0 aromatic carbocycles. The Morgan fingerprint density at radius 3 is 1.00 bits per heavy atom. The maximum atomic E-state index is 10.3. The number of aliphatic carboxylic acids is 1. The Bertz CT molecular complexity index is 266. The van der Waals surface area contributed by atoms with Crippen LogP contribution in [0.4, 0.5) is 0 Å². The van der Waals surface area contributed by atoms with Crippen molar-refractivity contribution in [2.45, 2.75) is 150 Å². The van der Waals surface area contributed by atoms with Gasteiger partial charge in [0.15, 0.2) is 0 Å². The van der Waals surface area contributed by atoms with Crippen LogP contribution in [0.25, 0.3) is 0 Å². The molecule has 4 nitrogen and oxygen atoms in total. The number of carbonyl (C=O) groups is 1. The van der Waals surface area contributed by atoms with E-state index in [9.17, 15) is 4.79 Å². The number of carboxylic acids is 1. The van der Waals surface area contributed by atoms with Crippen LogP contribution < -0.4 is 0 Å². The summed E-state index contributed by atoms with van der Waals surface area (Å²) in [5.74, 6) is -0.653. The zero-order valence-electron chi connectivity index (χ0n) is 19.7. The Labute approximate surface area is 176 Å². The molecule has 0 rings (SSSR count). The highest BCUT2D eigenvalue weighted by Crippen LogP contribution is 2.13. The van der Waals surface area contributed by atoms with Crippen molar-refractivity contribution < 1.29 is 20.1 Å². The van der Waals surface area contributed by atoms with E-state index < -0.39 is 5.97 Å². The first kappa shape index (κ1) is 32.1. The van der Waals surface area contributed by atoms with Gasteiger partial charge in [-0.3, -0.25) is 4.79 Å². The van der Waals surface area contributed by atoms with E-state index in [1.807, 2.05) is 0 Å². The van der Waals surface area contributed by atoms with Crippen molar-refractivity contribution in [1.82, 2.24) is 0 Å². The minimum absolute atomic E-state index is 0.167. The zero-order chi connectivity index (χ0) is 22.0. The van der Waals surface area contributed by atoms with Crippen LogP contribution in [-0.2, 0) is 4.79 Å². The second-order valence-electron chi connectivity index (χ2n) is 8.28. The lowest BCUT2D eigenvalue weighted by atomic mass is 10.0. The predicted molar refractivity (Wildman–Crippen MR) is 122 cm³/mol. The Balaban J connectivity index is -0.000000656. The van der Waals surface area contributed by atoms with Crippen LogP contribution in [0.5, 0.6) is 0 Å². The number of aliphatic hydroxyl groups excluding tert-OH is 2. The van der Waals surface area contributed by atoms with Gasteiger partial charge < -0.3 is 15.3 Å². The largest absolute Gasteiger partial charge is 0.481 e. The molecule has 0 amide bonds. The third kappa shape index (κ3) is 56.2. The number of rotatable bonds is 16. The topological polar surface area (TPSA) is 77.8 Å². The van der Waals surface area contributed by atoms with E-state index >= 15 is 0 Å². The van der Waals surface area contributed by atoms with Gasteiger partial charge in [0.1, 0.15) is 0 Å². The Morgan fingerprint density at radius 2 is 0.786 bits per heavy atom. The van der Waals surface area contributed by atoms with Gasteiger partial charge in [-0.25, -0.2) is 0 Å². The third-order valence-corrected chi connectivity index (χ3v) is 3.99. The minimum atomic E-state index is -0.653. The molecular formula is C24H52O4. The second kappa shape index (κ2) is 28.6. The number of hydrogen-bond donors (Lipinski definition) is 3. The molecule has 172 valence electrons. The van der Waals surface area contributed by atoms with Gasteiger partial charge in [-0.1, -0.05) is 96.8 Å². The Hall–Kier alpha value is -0.610. The van der Waals surface area contributed by atoms with Crippen LogP contribution in [0.15, 0.2) is 0 Å². The monoisotopic (exact) mass is 404 g/mol. The van der Waals surface area contributed by atoms with Crippen molar-refractivity contribution in [3.8, 4) is 0 Å². The second-order valence-corrected chi connectivity index (χ2v) is 8.28. The summed E-state index contributed by atoms with van der Waals surface area (Å²) in [6.07, 6.45) is 19.9. The molecule has 0 aliphatic carbocycles. The normalized spacial score (nSPS) is 10.3. The third-order valence-electron chi connectivity index (χ3n) is 3.99. The highest BCUT2D eigenvalue weighted by Gasteiger charge is 1.97. The predicted octanol–water partition coefficient (Wildman–Crippen LogP) is 7.11. The lowest BCUT2D eigenvalue weighted by Gasteiger charge is -2.03. The number of hydrogen-bond acceptors (Lipinski definition) is 3. The smallest absolute Gasteiger partial charge is 0.303 e. The summed E-state index contributed by atoms with van der Waals surface area (Å²) >= 11 is 0. The van der Waals surface area contributed by atoms with Crippen LogP contribution in [0, 0.1) is 0 Å². The molecular weight excluding hydrogens is 352 g/mol. The molecule has 0 radical (unpaired) electrons. The Morgan fingerprint density at radius 1 is 0.571 bits per heavy atom. The van der Waals surface area contributed by atoms with Crippen LogP contribution in [0.2, 0.25) is 0 Å². The van der Waals surface area contributed by atoms with E-state index in [-0.39, 0.29) is 12.2 Å². The van der Waals surface area contributed by atoms with E-state index in [0.29, 0.717) is 6.42 Å². The summed E-state index contributed by atoms with van der Waals surface area (Å²) < 4.78 is 0. The van der Waals surface area contributed by atoms with Gasteiger partial charge in [-0.2, -0.15) is 0 Å². The molecule has 0 heterocycles. The van der Waals surface area contributed by atoms with Crippen LogP contribution >= 0.6 is 0 Å².